The van der Waals surface area contributed by atoms with Crippen LogP contribution in [-0.2, 0) is 17.6 Å². The molecule has 0 aliphatic heterocycles. The summed E-state index contributed by atoms with van der Waals surface area (Å²) >= 11 is 1.61. The zero-order valence-corrected chi connectivity index (χ0v) is 18.4. The van der Waals surface area contributed by atoms with E-state index < -0.39 is 0 Å². The van der Waals surface area contributed by atoms with Gasteiger partial charge in [-0.1, -0.05) is 54.7 Å². The summed E-state index contributed by atoms with van der Waals surface area (Å²) in [7, 11) is 4.05. The fourth-order valence-electron chi connectivity index (χ4n) is 2.95. The highest BCUT2D eigenvalue weighted by Crippen LogP contribution is 2.30. The Balaban J connectivity index is 0.00000280. The third-order valence-corrected chi connectivity index (χ3v) is 5.66. The zero-order chi connectivity index (χ0) is 19.2. The van der Waals surface area contributed by atoms with E-state index in [0.29, 0.717) is 13.0 Å². The van der Waals surface area contributed by atoms with Crippen LogP contribution in [0.2, 0.25) is 0 Å². The molecule has 6 heteroatoms. The Kier molecular flexibility index (Phi) is 8.42. The highest BCUT2D eigenvalue weighted by molar-refractivity contribution is 7.22. The first-order valence-corrected chi connectivity index (χ1v) is 10.3. The number of carbonyl (C=O) groups excluding carboxylic acids is 1. The van der Waals surface area contributed by atoms with Crippen LogP contribution in [0.1, 0.15) is 24.5 Å². The van der Waals surface area contributed by atoms with Gasteiger partial charge in [-0.3, -0.25) is 9.69 Å². The number of carbonyl (C=O) groups is 1. The van der Waals surface area contributed by atoms with Gasteiger partial charge in [0.15, 0.2) is 5.13 Å². The minimum absolute atomic E-state index is 0. The molecule has 0 aliphatic rings. The summed E-state index contributed by atoms with van der Waals surface area (Å²) < 4.78 is 1.15. The summed E-state index contributed by atoms with van der Waals surface area (Å²) in [5.41, 5.74) is 3.46. The first-order valence-electron chi connectivity index (χ1n) is 9.45. The molecule has 150 valence electrons. The van der Waals surface area contributed by atoms with Crippen LogP contribution in [0.4, 0.5) is 5.13 Å². The van der Waals surface area contributed by atoms with Crippen molar-refractivity contribution in [1.82, 2.24) is 9.88 Å². The number of halogens is 1. The normalized spacial score (nSPS) is 10.9. The van der Waals surface area contributed by atoms with Gasteiger partial charge in [-0.25, -0.2) is 4.98 Å². The lowest BCUT2D eigenvalue weighted by atomic mass is 10.1. The molecule has 1 heterocycles. The van der Waals surface area contributed by atoms with E-state index in [1.807, 2.05) is 37.2 Å². The smallest absolute Gasteiger partial charge is 0.229 e. The SMILES string of the molecule is CCc1ccc2nc(N(CCN(C)C)C(=O)CCc3ccccc3)sc2c1.Cl. The fraction of sp³-hybridized carbons (Fsp3) is 0.364. The molecule has 4 nitrogen and oxygen atoms in total. The standard InChI is InChI=1S/C22H27N3OS.ClH/c1-4-17-10-12-19-20(16-17)27-22(23-19)25(15-14-24(2)3)21(26)13-11-18-8-6-5-7-9-18;/h5-10,12,16H,4,11,13-15H2,1-3H3;1H. The molecule has 0 radical (unpaired) electrons. The molecule has 0 unspecified atom stereocenters. The Hall–Kier alpha value is -1.95. The number of amides is 1. The van der Waals surface area contributed by atoms with Crippen LogP contribution in [0.3, 0.4) is 0 Å². The summed E-state index contributed by atoms with van der Waals surface area (Å²) in [4.78, 5) is 21.7. The van der Waals surface area contributed by atoms with Crippen LogP contribution in [0.25, 0.3) is 10.2 Å². The average Bonchev–Trinajstić information content (AvgIpc) is 3.09. The second kappa shape index (κ2) is 10.6. The number of aryl methyl sites for hydroxylation is 2. The molecule has 28 heavy (non-hydrogen) atoms. The molecule has 1 amide bonds. The molecule has 0 saturated carbocycles. The highest BCUT2D eigenvalue weighted by atomic mass is 35.5. The van der Waals surface area contributed by atoms with Crippen molar-refractivity contribution in [2.75, 3.05) is 32.1 Å². The molecule has 1 aromatic heterocycles. The Morgan fingerprint density at radius 2 is 1.79 bits per heavy atom. The molecule has 0 N–H and O–H groups in total. The van der Waals surface area contributed by atoms with Gasteiger partial charge in [0.05, 0.1) is 10.2 Å². The quantitative estimate of drug-likeness (QED) is 0.527. The second-order valence-corrected chi connectivity index (χ2v) is 8.00. The summed E-state index contributed by atoms with van der Waals surface area (Å²) in [6.07, 6.45) is 2.25. The predicted molar refractivity (Wildman–Crippen MR) is 122 cm³/mol. The van der Waals surface area contributed by atoms with E-state index in [2.05, 4.69) is 42.2 Å². The lowest BCUT2D eigenvalue weighted by Crippen LogP contribution is -2.36. The van der Waals surface area contributed by atoms with E-state index in [0.717, 1.165) is 34.7 Å². The molecule has 0 spiro atoms. The second-order valence-electron chi connectivity index (χ2n) is 6.99. The molecule has 3 rings (SSSR count). The van der Waals surface area contributed by atoms with E-state index in [-0.39, 0.29) is 18.3 Å². The molecule has 2 aromatic carbocycles. The number of rotatable bonds is 8. The van der Waals surface area contributed by atoms with Crippen molar-refractivity contribution >= 4 is 45.0 Å². The van der Waals surface area contributed by atoms with Crippen molar-refractivity contribution in [3.63, 3.8) is 0 Å². The Bertz CT molecular complexity index is 895. The number of aromatic nitrogens is 1. The topological polar surface area (TPSA) is 36.4 Å². The van der Waals surface area contributed by atoms with Crippen molar-refractivity contribution in [3.05, 3.63) is 59.7 Å². The minimum Gasteiger partial charge on any atom is -0.308 e. The van der Waals surface area contributed by atoms with E-state index in [4.69, 9.17) is 4.98 Å². The van der Waals surface area contributed by atoms with Crippen LogP contribution in [0.5, 0.6) is 0 Å². The van der Waals surface area contributed by atoms with Crippen LogP contribution < -0.4 is 4.90 Å². The first-order chi connectivity index (χ1) is 13.1. The van der Waals surface area contributed by atoms with Gasteiger partial charge in [0, 0.05) is 19.5 Å². The maximum Gasteiger partial charge on any atom is 0.229 e. The van der Waals surface area contributed by atoms with Crippen LogP contribution in [-0.4, -0.2) is 43.0 Å². The number of hydrogen-bond donors (Lipinski definition) is 0. The van der Waals surface area contributed by atoms with Crippen LogP contribution in [0.15, 0.2) is 48.5 Å². The third kappa shape index (κ3) is 5.77. The number of benzene rings is 2. The molecule has 0 saturated heterocycles. The average molecular weight is 418 g/mol. The van der Waals surface area contributed by atoms with Gasteiger partial charge in [0.2, 0.25) is 5.91 Å². The number of likely N-dealkylation sites (N-methyl/N-ethyl adjacent to an activating group) is 1. The summed E-state index contributed by atoms with van der Waals surface area (Å²) in [5.74, 6) is 0.135. The minimum atomic E-state index is 0. The molecule has 0 fully saturated rings. The van der Waals surface area contributed by atoms with Crippen molar-refractivity contribution < 1.29 is 4.79 Å². The number of fused-ring (bicyclic) bond motifs is 1. The van der Waals surface area contributed by atoms with Gasteiger partial charge in [-0.15, -0.1) is 12.4 Å². The van der Waals surface area contributed by atoms with E-state index in [9.17, 15) is 4.79 Å². The number of thiazole rings is 1. The van der Waals surface area contributed by atoms with Gasteiger partial charge < -0.3 is 4.90 Å². The van der Waals surface area contributed by atoms with E-state index in [1.54, 1.807) is 11.3 Å². The van der Waals surface area contributed by atoms with E-state index in [1.165, 1.54) is 11.1 Å². The molecule has 0 aliphatic carbocycles. The lowest BCUT2D eigenvalue weighted by molar-refractivity contribution is -0.118. The largest absolute Gasteiger partial charge is 0.308 e. The summed E-state index contributed by atoms with van der Waals surface area (Å²) in [5, 5.41) is 0.804. The molecular formula is C22H28ClN3OS. The predicted octanol–water partition coefficient (Wildman–Crippen LogP) is 4.81. The van der Waals surface area contributed by atoms with E-state index >= 15 is 0 Å². The van der Waals surface area contributed by atoms with Crippen LogP contribution in [0, 0.1) is 0 Å². The third-order valence-electron chi connectivity index (χ3n) is 4.62. The maximum atomic E-state index is 13.0. The monoisotopic (exact) mass is 417 g/mol. The molecule has 0 bridgehead atoms. The van der Waals surface area contributed by atoms with Gasteiger partial charge in [-0.05, 0) is 50.2 Å². The lowest BCUT2D eigenvalue weighted by Gasteiger charge is -2.22. The summed E-state index contributed by atoms with van der Waals surface area (Å²) in [6.45, 7) is 3.62. The van der Waals surface area contributed by atoms with Crippen molar-refractivity contribution in [2.45, 2.75) is 26.2 Å². The molecule has 3 aromatic rings. The van der Waals surface area contributed by atoms with Gasteiger partial charge >= 0.3 is 0 Å². The van der Waals surface area contributed by atoms with Gasteiger partial charge in [0.1, 0.15) is 0 Å². The maximum absolute atomic E-state index is 13.0. The molecular weight excluding hydrogens is 390 g/mol. The number of hydrogen-bond acceptors (Lipinski definition) is 4. The highest BCUT2D eigenvalue weighted by Gasteiger charge is 2.19. The number of nitrogens with zero attached hydrogens (tertiary/aromatic N) is 3. The fourth-order valence-corrected chi connectivity index (χ4v) is 4.02. The summed E-state index contributed by atoms with van der Waals surface area (Å²) in [6, 6.07) is 16.5. The Morgan fingerprint density at radius 1 is 1.04 bits per heavy atom. The van der Waals surface area contributed by atoms with Gasteiger partial charge in [-0.2, -0.15) is 0 Å². The van der Waals surface area contributed by atoms with Crippen LogP contribution >= 0.6 is 23.7 Å². The van der Waals surface area contributed by atoms with Crippen molar-refractivity contribution in [3.8, 4) is 0 Å². The Labute approximate surface area is 177 Å². The molecule has 0 atom stereocenters. The Morgan fingerprint density at radius 3 is 2.46 bits per heavy atom. The van der Waals surface area contributed by atoms with Gasteiger partial charge in [0.25, 0.3) is 0 Å². The zero-order valence-electron chi connectivity index (χ0n) is 16.7. The van der Waals surface area contributed by atoms with Crippen molar-refractivity contribution in [1.29, 1.82) is 0 Å². The van der Waals surface area contributed by atoms with Crippen molar-refractivity contribution in [2.24, 2.45) is 0 Å². The first kappa shape index (κ1) is 22.3. The number of anilines is 1.